The van der Waals surface area contributed by atoms with E-state index in [2.05, 4.69) is 31.2 Å². The van der Waals surface area contributed by atoms with Gasteiger partial charge in [-0.25, -0.2) is 9.97 Å². The number of rotatable bonds is 2. The molecule has 2 rings (SSSR count). The van der Waals surface area contributed by atoms with E-state index in [0.29, 0.717) is 15.9 Å². The van der Waals surface area contributed by atoms with E-state index in [4.69, 9.17) is 5.73 Å². The van der Waals surface area contributed by atoms with Crippen molar-refractivity contribution >= 4 is 33.5 Å². The summed E-state index contributed by atoms with van der Waals surface area (Å²) in [4.78, 5) is 19.8. The lowest BCUT2D eigenvalue weighted by Crippen LogP contribution is -2.15. The molecule has 5 nitrogen and oxygen atoms in total. The lowest BCUT2D eigenvalue weighted by molar-refractivity contribution is 0.102. The van der Waals surface area contributed by atoms with Gasteiger partial charge < -0.3 is 11.1 Å². The second kappa shape index (κ2) is 4.92. The first-order valence-electron chi connectivity index (χ1n) is 4.81. The van der Waals surface area contributed by atoms with Crippen molar-refractivity contribution in [2.24, 2.45) is 0 Å². The molecule has 0 saturated carbocycles. The zero-order valence-electron chi connectivity index (χ0n) is 8.72. The molecule has 17 heavy (non-hydrogen) atoms. The van der Waals surface area contributed by atoms with Gasteiger partial charge in [-0.05, 0) is 40.2 Å². The van der Waals surface area contributed by atoms with Crippen LogP contribution in [0.3, 0.4) is 0 Å². The lowest BCUT2D eigenvalue weighted by Gasteiger charge is -2.06. The normalized spacial score (nSPS) is 9.94. The van der Waals surface area contributed by atoms with Crippen LogP contribution in [0, 0.1) is 0 Å². The van der Waals surface area contributed by atoms with E-state index in [-0.39, 0.29) is 11.7 Å². The van der Waals surface area contributed by atoms with Crippen molar-refractivity contribution < 1.29 is 4.79 Å². The molecule has 0 radical (unpaired) electrons. The maximum absolute atomic E-state index is 11.9. The fraction of sp³-hybridized carbons (Fsp3) is 0. The molecule has 0 fully saturated rings. The Morgan fingerprint density at radius 1 is 1.24 bits per heavy atom. The molecule has 0 aliphatic heterocycles. The minimum atomic E-state index is -0.338. The molecule has 0 spiro atoms. The molecule has 0 saturated heterocycles. The summed E-state index contributed by atoms with van der Waals surface area (Å²) in [6, 6.07) is 6.81. The number of carbonyl (C=O) groups excluding carboxylic acids is 1. The fourth-order valence-electron chi connectivity index (χ4n) is 1.26. The highest BCUT2D eigenvalue weighted by Gasteiger charge is 2.11. The third kappa shape index (κ3) is 2.59. The zero-order valence-corrected chi connectivity index (χ0v) is 10.3. The Hall–Kier alpha value is -1.95. The number of hydrogen-bond donors (Lipinski definition) is 2. The minimum absolute atomic E-state index is 0.192. The van der Waals surface area contributed by atoms with Crippen LogP contribution in [0.15, 0.2) is 41.1 Å². The Labute approximate surface area is 106 Å². The van der Waals surface area contributed by atoms with Crippen LogP contribution in [0.4, 0.5) is 11.6 Å². The van der Waals surface area contributed by atoms with Crippen LogP contribution in [0.5, 0.6) is 0 Å². The number of nitrogens with one attached hydrogen (secondary N) is 1. The van der Waals surface area contributed by atoms with E-state index >= 15 is 0 Å². The summed E-state index contributed by atoms with van der Waals surface area (Å²) in [5.74, 6) is 0.299. The van der Waals surface area contributed by atoms with Crippen LogP contribution in [-0.2, 0) is 0 Å². The lowest BCUT2D eigenvalue weighted by atomic mass is 10.2. The van der Waals surface area contributed by atoms with Crippen molar-refractivity contribution in [3.8, 4) is 0 Å². The van der Waals surface area contributed by atoms with E-state index in [1.54, 1.807) is 30.5 Å². The van der Waals surface area contributed by atoms with Crippen molar-refractivity contribution in [1.29, 1.82) is 0 Å². The van der Waals surface area contributed by atoms with E-state index in [1.165, 1.54) is 6.20 Å². The molecule has 2 heterocycles. The molecule has 3 N–H and O–H groups in total. The van der Waals surface area contributed by atoms with E-state index in [9.17, 15) is 4.79 Å². The topological polar surface area (TPSA) is 80.9 Å². The highest BCUT2D eigenvalue weighted by atomic mass is 79.9. The minimum Gasteiger partial charge on any atom is -0.383 e. The van der Waals surface area contributed by atoms with Gasteiger partial charge in [-0.2, -0.15) is 0 Å². The molecule has 2 aromatic heterocycles. The molecule has 0 unspecified atom stereocenters. The third-order valence-corrected chi connectivity index (χ3v) is 2.71. The largest absolute Gasteiger partial charge is 0.383 e. The van der Waals surface area contributed by atoms with Crippen molar-refractivity contribution in [2.75, 3.05) is 11.1 Å². The molecule has 0 bridgehead atoms. The van der Waals surface area contributed by atoms with Gasteiger partial charge in [0.25, 0.3) is 5.91 Å². The number of hydrogen-bond acceptors (Lipinski definition) is 4. The van der Waals surface area contributed by atoms with Crippen LogP contribution in [0.1, 0.15) is 10.4 Å². The van der Waals surface area contributed by atoms with Gasteiger partial charge in [-0.15, -0.1) is 0 Å². The summed E-state index contributed by atoms with van der Waals surface area (Å²) in [5.41, 5.74) is 5.93. The second-order valence-electron chi connectivity index (χ2n) is 3.22. The van der Waals surface area contributed by atoms with Crippen LogP contribution < -0.4 is 11.1 Å². The van der Waals surface area contributed by atoms with Gasteiger partial charge in [-0.3, -0.25) is 4.79 Å². The van der Waals surface area contributed by atoms with E-state index in [1.807, 2.05) is 0 Å². The summed E-state index contributed by atoms with van der Waals surface area (Å²) in [7, 11) is 0. The number of nitrogens with zero attached hydrogens (tertiary/aromatic N) is 2. The molecule has 86 valence electrons. The van der Waals surface area contributed by atoms with Crippen molar-refractivity contribution in [2.45, 2.75) is 0 Å². The summed E-state index contributed by atoms with van der Waals surface area (Å²) < 4.78 is 0.704. The van der Waals surface area contributed by atoms with E-state index < -0.39 is 0 Å². The average Bonchev–Trinajstić information content (AvgIpc) is 2.32. The average molecular weight is 293 g/mol. The molecular weight excluding hydrogens is 284 g/mol. The van der Waals surface area contributed by atoms with Crippen LogP contribution >= 0.6 is 15.9 Å². The number of pyridine rings is 2. The van der Waals surface area contributed by atoms with Gasteiger partial charge in [0.15, 0.2) is 0 Å². The van der Waals surface area contributed by atoms with Gasteiger partial charge in [0.05, 0.1) is 10.0 Å². The Kier molecular flexibility index (Phi) is 3.34. The highest BCUT2D eigenvalue weighted by Crippen LogP contribution is 2.19. The molecule has 0 aromatic carbocycles. The Morgan fingerprint density at radius 3 is 2.65 bits per heavy atom. The van der Waals surface area contributed by atoms with Gasteiger partial charge in [0.2, 0.25) is 0 Å². The van der Waals surface area contributed by atoms with Crippen LogP contribution in [-0.4, -0.2) is 15.9 Å². The van der Waals surface area contributed by atoms with Crippen molar-refractivity contribution in [3.05, 3.63) is 46.7 Å². The van der Waals surface area contributed by atoms with Gasteiger partial charge in [0.1, 0.15) is 11.6 Å². The number of halogens is 1. The van der Waals surface area contributed by atoms with Crippen molar-refractivity contribution in [3.63, 3.8) is 0 Å². The molecule has 0 aliphatic carbocycles. The number of nitrogen functional groups attached to an aromatic ring is 1. The Morgan fingerprint density at radius 2 is 1.94 bits per heavy atom. The monoisotopic (exact) mass is 292 g/mol. The number of aromatic nitrogens is 2. The van der Waals surface area contributed by atoms with Gasteiger partial charge in [-0.1, -0.05) is 0 Å². The first-order chi connectivity index (χ1) is 8.18. The maximum Gasteiger partial charge on any atom is 0.260 e. The van der Waals surface area contributed by atoms with Crippen molar-refractivity contribution in [1.82, 2.24) is 9.97 Å². The smallest absolute Gasteiger partial charge is 0.260 e. The van der Waals surface area contributed by atoms with E-state index in [0.717, 1.165) is 0 Å². The quantitative estimate of drug-likeness (QED) is 0.888. The summed E-state index contributed by atoms with van der Waals surface area (Å²) in [6.45, 7) is 0. The molecular formula is C11H9BrN4O. The zero-order chi connectivity index (χ0) is 12.3. The first kappa shape index (κ1) is 11.5. The number of amides is 1. The predicted octanol–water partition coefficient (Wildman–Crippen LogP) is 2.07. The highest BCUT2D eigenvalue weighted by molar-refractivity contribution is 9.10. The SMILES string of the molecule is Nc1ncccc1C(=O)Nc1ncccc1Br. The van der Waals surface area contributed by atoms with Crippen LogP contribution in [0.2, 0.25) is 0 Å². The molecule has 0 aliphatic rings. The molecule has 1 amide bonds. The first-order valence-corrected chi connectivity index (χ1v) is 5.60. The Bertz CT molecular complexity index is 559. The van der Waals surface area contributed by atoms with Gasteiger partial charge >= 0.3 is 0 Å². The molecule has 6 heteroatoms. The number of anilines is 2. The van der Waals surface area contributed by atoms with Crippen LogP contribution in [0.25, 0.3) is 0 Å². The molecule has 2 aromatic rings. The fourth-order valence-corrected chi connectivity index (χ4v) is 1.62. The number of carbonyl (C=O) groups is 1. The van der Waals surface area contributed by atoms with Gasteiger partial charge in [0, 0.05) is 12.4 Å². The summed E-state index contributed by atoms with van der Waals surface area (Å²) in [6.07, 6.45) is 3.12. The standard InChI is InChI=1S/C11H9BrN4O/c12-8-4-2-6-15-10(8)16-11(17)7-3-1-5-14-9(7)13/h1-6H,(H2,13,14)(H,15,16,17). The predicted molar refractivity (Wildman–Crippen MR) is 68.5 cm³/mol. The third-order valence-electron chi connectivity index (χ3n) is 2.07. The number of nitrogens with two attached hydrogens (primary N) is 1. The summed E-state index contributed by atoms with van der Waals surface area (Å²) >= 11 is 3.29. The molecule has 0 atom stereocenters. The maximum atomic E-state index is 11.9. The Balaban J connectivity index is 2.24. The summed E-state index contributed by atoms with van der Waals surface area (Å²) in [5, 5.41) is 2.65. The second-order valence-corrected chi connectivity index (χ2v) is 4.08.